The van der Waals surface area contributed by atoms with Gasteiger partial charge in [-0.1, -0.05) is 89.6 Å². The average molecular weight is 519 g/mol. The van der Waals surface area contributed by atoms with Crippen molar-refractivity contribution in [1.82, 2.24) is 0 Å². The van der Waals surface area contributed by atoms with Crippen LogP contribution < -0.4 is 19.9 Å². The van der Waals surface area contributed by atoms with Gasteiger partial charge in [-0.2, -0.15) is 0 Å². The van der Waals surface area contributed by atoms with Gasteiger partial charge in [0.1, 0.15) is 0 Å². The molecule has 3 aromatic rings. The largest absolute Gasteiger partial charge is 0.493 e. The maximum Gasteiger partial charge on any atom is 0.168 e. The normalized spacial score (nSPS) is 14.3. The Morgan fingerprint density at radius 2 is 1.54 bits per heavy atom. The molecule has 3 aromatic carbocycles. The second-order valence-corrected chi connectivity index (χ2v) is 13.1. The number of para-hydroxylation sites is 1. The summed E-state index contributed by atoms with van der Waals surface area (Å²) >= 11 is 0. The molecule has 202 valence electrons. The summed E-state index contributed by atoms with van der Waals surface area (Å²) in [6, 6.07) is 15.7. The van der Waals surface area contributed by atoms with Crippen LogP contribution in [0.5, 0.6) is 11.5 Å². The molecule has 2 nitrogen and oxygen atoms in total. The minimum Gasteiger partial charge on any atom is -0.493 e. The van der Waals surface area contributed by atoms with Crippen LogP contribution >= 0.6 is 0 Å². The number of methoxy groups -OCH3 is 2. The van der Waals surface area contributed by atoms with Crippen molar-refractivity contribution in [2.45, 2.75) is 72.6 Å². The summed E-state index contributed by atoms with van der Waals surface area (Å²) in [7, 11) is 3.43. The van der Waals surface area contributed by atoms with Crippen molar-refractivity contribution in [3.8, 4) is 22.6 Å². The van der Waals surface area contributed by atoms with E-state index in [1.807, 2.05) is 6.07 Å². The van der Waals surface area contributed by atoms with Gasteiger partial charge in [0.2, 0.25) is 0 Å². The molecule has 0 radical (unpaired) electrons. The summed E-state index contributed by atoms with van der Waals surface area (Å²) in [5.41, 5.74) is 13.2. The number of hydrogen-bond donors (Lipinski definition) is 0. The van der Waals surface area contributed by atoms with Crippen molar-refractivity contribution in [1.29, 1.82) is 0 Å². The van der Waals surface area contributed by atoms with Crippen molar-refractivity contribution >= 4 is 22.8 Å². The summed E-state index contributed by atoms with van der Waals surface area (Å²) in [6.45, 7) is 18.4. The molecule has 0 spiro atoms. The summed E-state index contributed by atoms with van der Waals surface area (Å²) in [6.07, 6.45) is 7.87. The van der Waals surface area contributed by atoms with Crippen LogP contribution in [0.2, 0.25) is 0 Å². The van der Waals surface area contributed by atoms with E-state index in [1.165, 1.54) is 60.5 Å². The molecule has 0 N–H and O–H groups in total. The number of hydrogen-bond acceptors (Lipinski definition) is 2. The summed E-state index contributed by atoms with van der Waals surface area (Å²) < 4.78 is 11.6. The highest BCUT2D eigenvalue weighted by molar-refractivity contribution is 6.03. The molecular weight excluding hydrogens is 476 g/mol. The molecule has 0 fully saturated rings. The van der Waals surface area contributed by atoms with Crippen LogP contribution in [-0.2, 0) is 10.8 Å². The fourth-order valence-corrected chi connectivity index (χ4v) is 6.20. The van der Waals surface area contributed by atoms with Gasteiger partial charge in [0.15, 0.2) is 11.5 Å². The van der Waals surface area contributed by atoms with Gasteiger partial charge in [-0.25, -0.2) is 0 Å². The predicted octanol–water partition coefficient (Wildman–Crippen LogP) is 8.17. The van der Waals surface area contributed by atoms with Crippen molar-refractivity contribution in [3.05, 3.63) is 92.9 Å². The van der Waals surface area contributed by atoms with Crippen molar-refractivity contribution in [2.75, 3.05) is 14.2 Å². The maximum atomic E-state index is 5.91. The van der Waals surface area contributed by atoms with Gasteiger partial charge in [0.05, 0.1) is 14.2 Å². The third kappa shape index (κ3) is 4.54. The SMILES string of the molecule is COc1cccc(C2=C(c3c(C(C)(C)C)c(=C(C)C)cc4c3=Cc3cc(C(C)(C)C)ccc3-4)CC=C2)c1OC. The molecule has 0 bridgehead atoms. The van der Waals surface area contributed by atoms with Crippen molar-refractivity contribution in [3.63, 3.8) is 0 Å². The van der Waals surface area contributed by atoms with Crippen LogP contribution in [0.4, 0.5) is 0 Å². The monoisotopic (exact) mass is 518 g/mol. The first-order valence-corrected chi connectivity index (χ1v) is 14.0. The zero-order chi connectivity index (χ0) is 28.3. The van der Waals surface area contributed by atoms with E-state index in [1.54, 1.807) is 14.2 Å². The van der Waals surface area contributed by atoms with Crippen LogP contribution in [0.25, 0.3) is 33.9 Å². The molecule has 2 heteroatoms. The number of allylic oxidation sites excluding steroid dienone is 4. The van der Waals surface area contributed by atoms with E-state index in [2.05, 4.69) is 110 Å². The van der Waals surface area contributed by atoms with Crippen LogP contribution in [0.15, 0.2) is 54.6 Å². The first-order valence-electron chi connectivity index (χ1n) is 14.0. The van der Waals surface area contributed by atoms with E-state index in [4.69, 9.17) is 9.47 Å². The molecule has 0 amide bonds. The molecule has 0 atom stereocenters. The van der Waals surface area contributed by atoms with E-state index < -0.39 is 0 Å². The van der Waals surface area contributed by atoms with E-state index in [9.17, 15) is 0 Å². The second kappa shape index (κ2) is 9.59. The Labute approximate surface area is 234 Å². The van der Waals surface area contributed by atoms with E-state index in [0.29, 0.717) is 0 Å². The van der Waals surface area contributed by atoms with Gasteiger partial charge in [-0.3, -0.25) is 0 Å². The lowest BCUT2D eigenvalue weighted by Crippen LogP contribution is -2.31. The average Bonchev–Trinajstić information content (AvgIpc) is 3.50. The Morgan fingerprint density at radius 1 is 0.795 bits per heavy atom. The Morgan fingerprint density at radius 3 is 2.15 bits per heavy atom. The predicted molar refractivity (Wildman–Crippen MR) is 167 cm³/mol. The van der Waals surface area contributed by atoms with E-state index in [-0.39, 0.29) is 10.8 Å². The molecule has 2 aliphatic carbocycles. The zero-order valence-electron chi connectivity index (χ0n) is 25.3. The Balaban J connectivity index is 1.93. The fourth-order valence-electron chi connectivity index (χ4n) is 6.20. The van der Waals surface area contributed by atoms with E-state index >= 15 is 0 Å². The summed E-state index contributed by atoms with van der Waals surface area (Å²) in [5, 5.41) is 2.69. The number of rotatable bonds is 4. The second-order valence-electron chi connectivity index (χ2n) is 13.1. The van der Waals surface area contributed by atoms with Crippen LogP contribution in [-0.4, -0.2) is 14.2 Å². The van der Waals surface area contributed by atoms with Crippen molar-refractivity contribution in [2.24, 2.45) is 0 Å². The zero-order valence-corrected chi connectivity index (χ0v) is 25.3. The van der Waals surface area contributed by atoms with Crippen LogP contribution in [0.3, 0.4) is 0 Å². The third-order valence-corrected chi connectivity index (χ3v) is 8.09. The Hall–Kier alpha value is -3.52. The van der Waals surface area contributed by atoms with E-state index in [0.717, 1.165) is 23.5 Å². The minimum absolute atomic E-state index is 0.0463. The van der Waals surface area contributed by atoms with Gasteiger partial charge in [-0.05, 0) is 104 Å². The number of ether oxygens (including phenoxy) is 2. The highest BCUT2D eigenvalue weighted by atomic mass is 16.5. The van der Waals surface area contributed by atoms with Gasteiger partial charge in [0.25, 0.3) is 0 Å². The van der Waals surface area contributed by atoms with Gasteiger partial charge < -0.3 is 9.47 Å². The molecule has 0 heterocycles. The third-order valence-electron chi connectivity index (χ3n) is 8.09. The Kier molecular flexibility index (Phi) is 6.66. The topological polar surface area (TPSA) is 18.5 Å². The number of fused-ring (bicyclic) bond motifs is 3. The standard InChI is InChI=1S/C37H42O2/c1-22(2)29-21-30-25-18-17-24(36(3,4)5)19-23(25)20-31(30)33(34(29)37(6,7)8)27-14-11-13-26(27)28-15-12-16-32(38-9)35(28)39-10/h11-13,15-21H,14H2,1-10H3. The van der Waals surface area contributed by atoms with Gasteiger partial charge >= 0.3 is 0 Å². The first kappa shape index (κ1) is 27.1. The fraction of sp³-hybridized carbons (Fsp3) is 0.351. The summed E-state index contributed by atoms with van der Waals surface area (Å²) in [4.78, 5) is 0. The highest BCUT2D eigenvalue weighted by Crippen LogP contribution is 2.44. The van der Waals surface area contributed by atoms with Crippen molar-refractivity contribution < 1.29 is 9.47 Å². The molecule has 0 unspecified atom stereocenters. The van der Waals surface area contributed by atoms with Crippen LogP contribution in [0, 0.1) is 0 Å². The maximum absolute atomic E-state index is 5.91. The molecule has 0 aromatic heterocycles. The molecular formula is C37H42O2. The van der Waals surface area contributed by atoms with Crippen LogP contribution in [0.1, 0.15) is 89.6 Å². The molecule has 0 saturated carbocycles. The van der Waals surface area contributed by atoms with Gasteiger partial charge in [-0.15, -0.1) is 0 Å². The quantitative estimate of drug-likeness (QED) is 0.271. The lowest BCUT2D eigenvalue weighted by Gasteiger charge is -2.27. The van der Waals surface area contributed by atoms with Gasteiger partial charge in [0, 0.05) is 5.56 Å². The smallest absolute Gasteiger partial charge is 0.168 e. The molecule has 2 aliphatic rings. The minimum atomic E-state index is -0.0463. The molecule has 39 heavy (non-hydrogen) atoms. The lowest BCUT2D eigenvalue weighted by molar-refractivity contribution is 0.354. The Bertz CT molecular complexity index is 1660. The molecule has 5 rings (SSSR count). The molecule has 0 aliphatic heterocycles. The highest BCUT2D eigenvalue weighted by Gasteiger charge is 2.30. The lowest BCUT2D eigenvalue weighted by atomic mass is 9.76. The number of benzene rings is 3. The molecule has 0 saturated heterocycles. The summed E-state index contributed by atoms with van der Waals surface area (Å²) in [5.74, 6) is 1.54. The first-order chi connectivity index (χ1) is 18.4.